The molecule has 0 unspecified atom stereocenters. The van der Waals surface area contributed by atoms with Gasteiger partial charge >= 0.3 is 0 Å². The Morgan fingerprint density at radius 1 is 0.933 bits per heavy atom. The zero-order valence-corrected chi connectivity index (χ0v) is 8.66. The summed E-state index contributed by atoms with van der Waals surface area (Å²) in [6.45, 7) is 0. The third-order valence-electron chi connectivity index (χ3n) is 2.07. The molecule has 2 aromatic rings. The van der Waals surface area contributed by atoms with Crippen LogP contribution in [0.15, 0.2) is 47.7 Å². The van der Waals surface area contributed by atoms with Gasteiger partial charge in [-0.1, -0.05) is 18.2 Å². The predicted molar refractivity (Wildman–Crippen MR) is 60.0 cm³/mol. The fourth-order valence-electron chi connectivity index (χ4n) is 1.40. The Hall–Kier alpha value is -1.74. The normalized spacial score (nSPS) is 12.9. The lowest BCUT2D eigenvalue weighted by Crippen LogP contribution is -1.92. The van der Waals surface area contributed by atoms with Crippen molar-refractivity contribution in [1.29, 1.82) is 0 Å². The molecule has 1 aliphatic rings. The third-order valence-corrected chi connectivity index (χ3v) is 2.89. The number of rotatable bonds is 1. The van der Waals surface area contributed by atoms with Crippen molar-refractivity contribution in [2.45, 2.75) is 0 Å². The standard InChI is InChI=1S/C12H8O2S/c1-2-6-11-10(5-1)13-12(14-11)8-9-4-3-7-15-9/h1-8H. The lowest BCUT2D eigenvalue weighted by atomic mass is 10.3. The van der Waals surface area contributed by atoms with Gasteiger partial charge in [-0.2, -0.15) is 0 Å². The number of ether oxygens (including phenoxy) is 2. The fourth-order valence-corrected chi connectivity index (χ4v) is 2.04. The molecule has 1 aromatic heterocycles. The SMILES string of the molecule is C(=C1Oc2ccccc2O1)c1cccs1. The molecule has 3 heteroatoms. The van der Waals surface area contributed by atoms with Crippen LogP contribution in [-0.2, 0) is 0 Å². The van der Waals surface area contributed by atoms with Crippen LogP contribution in [-0.4, -0.2) is 0 Å². The molecule has 3 rings (SSSR count). The van der Waals surface area contributed by atoms with Crippen LogP contribution in [0.4, 0.5) is 0 Å². The molecule has 0 saturated carbocycles. The van der Waals surface area contributed by atoms with Crippen LogP contribution in [0.3, 0.4) is 0 Å². The summed E-state index contributed by atoms with van der Waals surface area (Å²) >= 11 is 1.65. The first-order valence-corrected chi connectivity index (χ1v) is 5.50. The van der Waals surface area contributed by atoms with Gasteiger partial charge in [-0.05, 0) is 23.6 Å². The molecule has 0 saturated heterocycles. The van der Waals surface area contributed by atoms with E-state index in [9.17, 15) is 0 Å². The van der Waals surface area contributed by atoms with Crippen LogP contribution < -0.4 is 9.47 Å². The molecule has 2 nitrogen and oxygen atoms in total. The molecule has 0 N–H and O–H groups in total. The highest BCUT2D eigenvalue weighted by Crippen LogP contribution is 2.36. The summed E-state index contributed by atoms with van der Waals surface area (Å²) in [5.74, 6) is 2.10. The molecule has 2 heterocycles. The Bertz CT molecular complexity index is 473. The van der Waals surface area contributed by atoms with Crippen LogP contribution in [0.25, 0.3) is 6.08 Å². The molecule has 0 fully saturated rings. The molecule has 0 spiro atoms. The highest BCUT2D eigenvalue weighted by molar-refractivity contribution is 7.10. The molecule has 0 atom stereocenters. The van der Waals surface area contributed by atoms with Crippen LogP contribution in [0, 0.1) is 0 Å². The van der Waals surface area contributed by atoms with Crippen LogP contribution in [0.1, 0.15) is 4.88 Å². The molecule has 0 bridgehead atoms. The molecular formula is C12H8O2S. The van der Waals surface area contributed by atoms with Crippen molar-refractivity contribution in [1.82, 2.24) is 0 Å². The van der Waals surface area contributed by atoms with Crippen molar-refractivity contribution in [3.05, 3.63) is 52.6 Å². The Morgan fingerprint density at radius 2 is 1.67 bits per heavy atom. The Morgan fingerprint density at radius 3 is 2.27 bits per heavy atom. The minimum atomic E-state index is 0.540. The first-order valence-electron chi connectivity index (χ1n) is 4.62. The van der Waals surface area contributed by atoms with Crippen LogP contribution >= 0.6 is 11.3 Å². The maximum absolute atomic E-state index is 5.53. The second kappa shape index (κ2) is 3.44. The second-order valence-electron chi connectivity index (χ2n) is 3.13. The molecule has 15 heavy (non-hydrogen) atoms. The van der Waals surface area contributed by atoms with Crippen molar-refractivity contribution >= 4 is 17.4 Å². The lowest BCUT2D eigenvalue weighted by molar-refractivity contribution is 0.293. The van der Waals surface area contributed by atoms with Crippen molar-refractivity contribution in [3.8, 4) is 11.5 Å². The van der Waals surface area contributed by atoms with Gasteiger partial charge in [0.2, 0.25) is 0 Å². The zero-order chi connectivity index (χ0) is 10.1. The maximum atomic E-state index is 5.53. The number of hydrogen-bond donors (Lipinski definition) is 0. The molecule has 1 aromatic carbocycles. The van der Waals surface area contributed by atoms with Crippen molar-refractivity contribution < 1.29 is 9.47 Å². The van der Waals surface area contributed by atoms with E-state index in [4.69, 9.17) is 9.47 Å². The van der Waals surface area contributed by atoms with Crippen LogP contribution in [0.5, 0.6) is 11.5 Å². The Labute approximate surface area is 91.4 Å². The Kier molecular flexibility index (Phi) is 1.96. The molecule has 0 aliphatic carbocycles. The van der Waals surface area contributed by atoms with Gasteiger partial charge in [0, 0.05) is 11.0 Å². The average molecular weight is 216 g/mol. The van der Waals surface area contributed by atoms with Crippen molar-refractivity contribution in [3.63, 3.8) is 0 Å². The van der Waals surface area contributed by atoms with Gasteiger partial charge in [-0.25, -0.2) is 0 Å². The summed E-state index contributed by atoms with van der Waals surface area (Å²) in [5.41, 5.74) is 0. The Balaban J connectivity index is 1.90. The molecule has 0 amide bonds. The minimum Gasteiger partial charge on any atom is -0.422 e. The number of hydrogen-bond acceptors (Lipinski definition) is 3. The van der Waals surface area contributed by atoms with E-state index < -0.39 is 0 Å². The fraction of sp³-hybridized carbons (Fsp3) is 0. The van der Waals surface area contributed by atoms with E-state index in [1.165, 1.54) is 0 Å². The van der Waals surface area contributed by atoms with E-state index in [0.717, 1.165) is 16.4 Å². The summed E-state index contributed by atoms with van der Waals surface area (Å²) in [6.07, 6.45) is 1.89. The summed E-state index contributed by atoms with van der Waals surface area (Å²) < 4.78 is 11.1. The second-order valence-corrected chi connectivity index (χ2v) is 4.11. The number of para-hydroxylation sites is 2. The number of thiophene rings is 1. The first-order chi connectivity index (χ1) is 7.42. The number of fused-ring (bicyclic) bond motifs is 1. The molecular weight excluding hydrogens is 208 g/mol. The van der Waals surface area contributed by atoms with Gasteiger partial charge in [0.1, 0.15) is 0 Å². The lowest BCUT2D eigenvalue weighted by Gasteiger charge is -1.94. The summed E-state index contributed by atoms with van der Waals surface area (Å²) in [4.78, 5) is 1.12. The monoisotopic (exact) mass is 216 g/mol. The molecule has 1 aliphatic heterocycles. The van der Waals surface area contributed by atoms with E-state index in [2.05, 4.69) is 0 Å². The van der Waals surface area contributed by atoms with Gasteiger partial charge in [-0.3, -0.25) is 0 Å². The van der Waals surface area contributed by atoms with Crippen molar-refractivity contribution in [2.75, 3.05) is 0 Å². The van der Waals surface area contributed by atoms with Gasteiger partial charge in [0.05, 0.1) is 0 Å². The smallest absolute Gasteiger partial charge is 0.291 e. The van der Waals surface area contributed by atoms with Gasteiger partial charge < -0.3 is 9.47 Å². The predicted octanol–water partition coefficient (Wildman–Crippen LogP) is 3.52. The van der Waals surface area contributed by atoms with Gasteiger partial charge in [0.25, 0.3) is 5.95 Å². The summed E-state index contributed by atoms with van der Waals surface area (Å²) in [6, 6.07) is 11.7. The van der Waals surface area contributed by atoms with E-state index in [1.807, 2.05) is 47.9 Å². The molecule has 0 radical (unpaired) electrons. The van der Waals surface area contributed by atoms with E-state index >= 15 is 0 Å². The van der Waals surface area contributed by atoms with E-state index in [1.54, 1.807) is 11.3 Å². The number of benzene rings is 1. The summed E-state index contributed by atoms with van der Waals surface area (Å²) in [7, 11) is 0. The third kappa shape index (κ3) is 1.62. The van der Waals surface area contributed by atoms with E-state index in [0.29, 0.717) is 5.95 Å². The zero-order valence-electron chi connectivity index (χ0n) is 7.84. The highest BCUT2D eigenvalue weighted by Gasteiger charge is 2.17. The highest BCUT2D eigenvalue weighted by atomic mass is 32.1. The minimum absolute atomic E-state index is 0.540. The average Bonchev–Trinajstić information content (AvgIpc) is 2.86. The maximum Gasteiger partial charge on any atom is 0.291 e. The van der Waals surface area contributed by atoms with Gasteiger partial charge in [-0.15, -0.1) is 11.3 Å². The first kappa shape index (κ1) is 8.56. The molecule has 74 valence electrons. The quantitative estimate of drug-likeness (QED) is 0.726. The summed E-state index contributed by atoms with van der Waals surface area (Å²) in [5, 5.41) is 2.02. The topological polar surface area (TPSA) is 18.5 Å². The van der Waals surface area contributed by atoms with Gasteiger partial charge in [0.15, 0.2) is 11.5 Å². The van der Waals surface area contributed by atoms with Crippen molar-refractivity contribution in [2.24, 2.45) is 0 Å². The van der Waals surface area contributed by atoms with E-state index in [-0.39, 0.29) is 0 Å². The van der Waals surface area contributed by atoms with Crippen LogP contribution in [0.2, 0.25) is 0 Å². The largest absolute Gasteiger partial charge is 0.422 e.